The fourth-order valence-corrected chi connectivity index (χ4v) is 2.55. The lowest BCUT2D eigenvalue weighted by atomic mass is 10.1. The molecular formula is C19H20N2O4. The Balaban J connectivity index is 1.46. The molecule has 130 valence electrons. The van der Waals surface area contributed by atoms with E-state index in [1.165, 1.54) is 6.92 Å². The second-order valence-electron chi connectivity index (χ2n) is 5.86. The Morgan fingerprint density at radius 1 is 1.08 bits per heavy atom. The van der Waals surface area contributed by atoms with Gasteiger partial charge in [0, 0.05) is 12.6 Å². The maximum atomic E-state index is 12.1. The average molecular weight is 340 g/mol. The van der Waals surface area contributed by atoms with Crippen molar-refractivity contribution in [3.05, 3.63) is 54.1 Å². The summed E-state index contributed by atoms with van der Waals surface area (Å²) in [5.41, 5.74) is 1.58. The van der Waals surface area contributed by atoms with Gasteiger partial charge in [-0.25, -0.2) is 0 Å². The van der Waals surface area contributed by atoms with Crippen molar-refractivity contribution in [2.24, 2.45) is 0 Å². The number of nitrogens with one attached hydrogen (secondary N) is 2. The Hall–Kier alpha value is -3.02. The number of para-hydroxylation sites is 2. The van der Waals surface area contributed by atoms with Crippen LogP contribution in [0.25, 0.3) is 0 Å². The van der Waals surface area contributed by atoms with Crippen LogP contribution in [0.5, 0.6) is 11.5 Å². The van der Waals surface area contributed by atoms with Crippen molar-refractivity contribution in [2.45, 2.75) is 19.4 Å². The molecule has 0 unspecified atom stereocenters. The summed E-state index contributed by atoms with van der Waals surface area (Å²) in [4.78, 5) is 23.1. The number of benzene rings is 2. The van der Waals surface area contributed by atoms with Crippen molar-refractivity contribution >= 4 is 17.5 Å². The molecule has 6 nitrogen and oxygen atoms in total. The summed E-state index contributed by atoms with van der Waals surface area (Å²) in [6.07, 6.45) is 0.0610. The quantitative estimate of drug-likeness (QED) is 0.874. The molecule has 1 atom stereocenters. The zero-order valence-electron chi connectivity index (χ0n) is 14.0. The number of hydrogen-bond donors (Lipinski definition) is 2. The molecule has 6 heteroatoms. The van der Waals surface area contributed by atoms with Crippen molar-refractivity contribution in [2.75, 3.05) is 18.5 Å². The summed E-state index contributed by atoms with van der Waals surface area (Å²) in [5, 5.41) is 5.56. The lowest BCUT2D eigenvalue weighted by Gasteiger charge is -2.26. The minimum absolute atomic E-state index is 0.0882. The zero-order valence-corrected chi connectivity index (χ0v) is 14.0. The number of carbonyl (C=O) groups is 2. The highest BCUT2D eigenvalue weighted by molar-refractivity contribution is 5.88. The predicted octanol–water partition coefficient (Wildman–Crippen LogP) is 2.14. The van der Waals surface area contributed by atoms with Crippen LogP contribution in [0.1, 0.15) is 12.5 Å². The summed E-state index contributed by atoms with van der Waals surface area (Å²) in [5.74, 6) is 1.21. The number of ether oxygens (including phenoxy) is 2. The summed E-state index contributed by atoms with van der Waals surface area (Å²) < 4.78 is 11.4. The summed E-state index contributed by atoms with van der Waals surface area (Å²) >= 11 is 0. The smallest absolute Gasteiger partial charge is 0.224 e. The van der Waals surface area contributed by atoms with E-state index in [2.05, 4.69) is 10.6 Å². The molecule has 0 spiro atoms. The van der Waals surface area contributed by atoms with Crippen molar-refractivity contribution in [3.63, 3.8) is 0 Å². The highest BCUT2D eigenvalue weighted by atomic mass is 16.6. The van der Waals surface area contributed by atoms with Gasteiger partial charge in [-0.1, -0.05) is 24.3 Å². The monoisotopic (exact) mass is 340 g/mol. The first kappa shape index (κ1) is 16.8. The molecule has 0 saturated carbocycles. The van der Waals surface area contributed by atoms with Gasteiger partial charge in [0.15, 0.2) is 11.5 Å². The number of anilines is 1. The van der Waals surface area contributed by atoms with Gasteiger partial charge in [0.1, 0.15) is 12.7 Å². The fraction of sp³-hybridized carbons (Fsp3) is 0.263. The first-order valence-electron chi connectivity index (χ1n) is 8.12. The van der Waals surface area contributed by atoms with Gasteiger partial charge >= 0.3 is 0 Å². The predicted molar refractivity (Wildman–Crippen MR) is 93.8 cm³/mol. The van der Waals surface area contributed by atoms with E-state index in [0.717, 1.165) is 11.3 Å². The Morgan fingerprint density at radius 3 is 2.52 bits per heavy atom. The largest absolute Gasteiger partial charge is 0.486 e. The van der Waals surface area contributed by atoms with Crippen molar-refractivity contribution in [1.29, 1.82) is 0 Å². The van der Waals surface area contributed by atoms with Gasteiger partial charge in [-0.2, -0.15) is 0 Å². The van der Waals surface area contributed by atoms with Crippen LogP contribution in [0.4, 0.5) is 5.69 Å². The van der Waals surface area contributed by atoms with Gasteiger partial charge in [-0.05, 0) is 29.8 Å². The topological polar surface area (TPSA) is 76.7 Å². The van der Waals surface area contributed by atoms with Crippen molar-refractivity contribution in [1.82, 2.24) is 5.32 Å². The standard InChI is InChI=1S/C19H20N2O4/c1-13(22)21-15-8-6-14(7-9-15)10-19(23)20-11-16-12-24-17-4-2-3-5-18(17)25-16/h2-9,16H,10-12H2,1H3,(H,20,23)(H,21,22)/t16-/m1/s1. The maximum Gasteiger partial charge on any atom is 0.224 e. The van der Waals surface area contributed by atoms with Crippen molar-refractivity contribution < 1.29 is 19.1 Å². The molecule has 1 aliphatic rings. The second kappa shape index (κ2) is 7.70. The first-order chi connectivity index (χ1) is 12.1. The van der Waals surface area contributed by atoms with Crippen LogP contribution >= 0.6 is 0 Å². The van der Waals surface area contributed by atoms with Crippen molar-refractivity contribution in [3.8, 4) is 11.5 Å². The molecule has 0 aromatic heterocycles. The third-order valence-corrected chi connectivity index (χ3v) is 3.73. The molecule has 0 radical (unpaired) electrons. The maximum absolute atomic E-state index is 12.1. The summed E-state index contributed by atoms with van der Waals surface area (Å²) in [6.45, 7) is 2.25. The number of carbonyl (C=O) groups excluding carboxylic acids is 2. The third kappa shape index (κ3) is 4.73. The van der Waals surface area contributed by atoms with E-state index in [4.69, 9.17) is 9.47 Å². The Kier molecular flexibility index (Phi) is 5.18. The Labute approximate surface area is 146 Å². The van der Waals surface area contributed by atoms with Crippen LogP contribution in [0.2, 0.25) is 0 Å². The van der Waals surface area contributed by atoms with Gasteiger partial charge in [0.2, 0.25) is 11.8 Å². The fourth-order valence-electron chi connectivity index (χ4n) is 2.55. The molecular weight excluding hydrogens is 320 g/mol. The van der Waals surface area contributed by atoms with E-state index in [-0.39, 0.29) is 24.3 Å². The van der Waals surface area contributed by atoms with Gasteiger partial charge in [0.25, 0.3) is 0 Å². The highest BCUT2D eigenvalue weighted by Crippen LogP contribution is 2.30. The number of rotatable bonds is 5. The zero-order chi connectivity index (χ0) is 17.6. The Bertz CT molecular complexity index is 758. The van der Waals surface area contributed by atoms with E-state index in [1.54, 1.807) is 12.1 Å². The molecule has 2 aromatic carbocycles. The number of hydrogen-bond acceptors (Lipinski definition) is 4. The van der Waals surface area contributed by atoms with E-state index in [9.17, 15) is 9.59 Å². The molecule has 2 amide bonds. The molecule has 1 heterocycles. The van der Waals surface area contributed by atoms with Crippen LogP contribution in [-0.4, -0.2) is 31.1 Å². The minimum atomic E-state index is -0.207. The van der Waals surface area contributed by atoms with Gasteiger partial charge in [-0.15, -0.1) is 0 Å². The normalized spacial score (nSPS) is 15.3. The van der Waals surface area contributed by atoms with Gasteiger partial charge < -0.3 is 20.1 Å². The molecule has 0 aliphatic carbocycles. The Morgan fingerprint density at radius 2 is 1.80 bits per heavy atom. The number of fused-ring (bicyclic) bond motifs is 1. The summed E-state index contributed by atoms with van der Waals surface area (Å²) in [6, 6.07) is 14.7. The van der Waals surface area contributed by atoms with Crippen LogP contribution in [-0.2, 0) is 16.0 Å². The van der Waals surface area contributed by atoms with Crippen LogP contribution in [0.3, 0.4) is 0 Å². The van der Waals surface area contributed by atoms with Crippen LogP contribution in [0.15, 0.2) is 48.5 Å². The minimum Gasteiger partial charge on any atom is -0.486 e. The van der Waals surface area contributed by atoms with Gasteiger partial charge in [0.05, 0.1) is 13.0 Å². The molecule has 1 aliphatic heterocycles. The van der Waals surface area contributed by atoms with E-state index in [0.29, 0.717) is 24.6 Å². The molecule has 3 rings (SSSR count). The lowest BCUT2D eigenvalue weighted by Crippen LogP contribution is -2.41. The van der Waals surface area contributed by atoms with E-state index < -0.39 is 0 Å². The summed E-state index contributed by atoms with van der Waals surface area (Å²) in [7, 11) is 0. The molecule has 0 fully saturated rings. The van der Waals surface area contributed by atoms with E-state index >= 15 is 0 Å². The molecule has 0 bridgehead atoms. The average Bonchev–Trinajstić information content (AvgIpc) is 2.61. The highest BCUT2D eigenvalue weighted by Gasteiger charge is 2.20. The third-order valence-electron chi connectivity index (χ3n) is 3.73. The van der Waals surface area contributed by atoms with Crippen LogP contribution < -0.4 is 20.1 Å². The van der Waals surface area contributed by atoms with Gasteiger partial charge in [-0.3, -0.25) is 9.59 Å². The first-order valence-corrected chi connectivity index (χ1v) is 8.12. The molecule has 0 saturated heterocycles. The molecule has 2 N–H and O–H groups in total. The SMILES string of the molecule is CC(=O)Nc1ccc(CC(=O)NC[C@@H]2COc3ccccc3O2)cc1. The number of amides is 2. The molecule has 2 aromatic rings. The van der Waals surface area contributed by atoms with Crippen LogP contribution in [0, 0.1) is 0 Å². The lowest BCUT2D eigenvalue weighted by molar-refractivity contribution is -0.121. The molecule has 25 heavy (non-hydrogen) atoms. The second-order valence-corrected chi connectivity index (χ2v) is 5.86. The van der Waals surface area contributed by atoms with E-state index in [1.807, 2.05) is 36.4 Å².